The smallest absolute Gasteiger partial charge is 0.221 e. The maximum absolute atomic E-state index is 11.9. The molecule has 112 valence electrons. The van der Waals surface area contributed by atoms with E-state index in [2.05, 4.69) is 11.4 Å². The lowest BCUT2D eigenvalue weighted by atomic mass is 10.1. The van der Waals surface area contributed by atoms with Crippen LogP contribution >= 0.6 is 23.2 Å². The van der Waals surface area contributed by atoms with Crippen molar-refractivity contribution in [3.05, 3.63) is 33.8 Å². The number of nitrogens with one attached hydrogen (secondary N) is 1. The van der Waals surface area contributed by atoms with E-state index in [1.165, 1.54) is 0 Å². The second kappa shape index (κ2) is 7.65. The van der Waals surface area contributed by atoms with Gasteiger partial charge in [0.15, 0.2) is 0 Å². The van der Waals surface area contributed by atoms with Crippen LogP contribution in [0.15, 0.2) is 18.2 Å². The first kappa shape index (κ1) is 16.1. The quantitative estimate of drug-likeness (QED) is 0.898. The van der Waals surface area contributed by atoms with Gasteiger partial charge in [-0.25, -0.2) is 0 Å². The SMILES string of the molecule is N#C[C@H](NC(=O)CC[C@H]1CCCO1)c1ccc(Cl)c(Cl)c1. The van der Waals surface area contributed by atoms with E-state index < -0.39 is 6.04 Å². The Bertz CT molecular complexity index is 551. The molecule has 21 heavy (non-hydrogen) atoms. The first-order chi connectivity index (χ1) is 10.1. The third-order valence-electron chi connectivity index (χ3n) is 3.43. The Kier molecular flexibility index (Phi) is 5.86. The molecule has 1 heterocycles. The normalized spacial score (nSPS) is 19.0. The van der Waals surface area contributed by atoms with Crippen LogP contribution in [0.1, 0.15) is 37.3 Å². The first-order valence-electron chi connectivity index (χ1n) is 6.85. The number of ether oxygens (including phenoxy) is 1. The summed E-state index contributed by atoms with van der Waals surface area (Å²) in [7, 11) is 0. The van der Waals surface area contributed by atoms with Gasteiger partial charge in [-0.3, -0.25) is 4.79 Å². The molecular weight excluding hydrogens is 311 g/mol. The van der Waals surface area contributed by atoms with Gasteiger partial charge >= 0.3 is 0 Å². The van der Waals surface area contributed by atoms with E-state index in [1.807, 2.05) is 0 Å². The second-order valence-electron chi connectivity index (χ2n) is 4.98. The summed E-state index contributed by atoms with van der Waals surface area (Å²) >= 11 is 11.8. The highest BCUT2D eigenvalue weighted by atomic mass is 35.5. The highest BCUT2D eigenvalue weighted by Gasteiger charge is 2.19. The number of hydrogen-bond donors (Lipinski definition) is 1. The monoisotopic (exact) mass is 326 g/mol. The molecule has 1 aliphatic heterocycles. The summed E-state index contributed by atoms with van der Waals surface area (Å²) in [5.41, 5.74) is 0.623. The van der Waals surface area contributed by atoms with Crippen LogP contribution < -0.4 is 5.32 Å². The Morgan fingerprint density at radius 1 is 1.48 bits per heavy atom. The van der Waals surface area contributed by atoms with Crippen molar-refractivity contribution in [1.29, 1.82) is 5.26 Å². The van der Waals surface area contributed by atoms with Gasteiger partial charge in [0.05, 0.1) is 22.2 Å². The Morgan fingerprint density at radius 2 is 2.29 bits per heavy atom. The molecule has 1 N–H and O–H groups in total. The van der Waals surface area contributed by atoms with Crippen LogP contribution in [0.5, 0.6) is 0 Å². The summed E-state index contributed by atoms with van der Waals surface area (Å²) in [6.07, 6.45) is 3.26. The van der Waals surface area contributed by atoms with Gasteiger partial charge in [0, 0.05) is 13.0 Å². The molecule has 2 rings (SSSR count). The highest BCUT2D eigenvalue weighted by Crippen LogP contribution is 2.25. The van der Waals surface area contributed by atoms with E-state index in [-0.39, 0.29) is 12.0 Å². The van der Waals surface area contributed by atoms with Crippen LogP contribution in [0.25, 0.3) is 0 Å². The average Bonchev–Trinajstić information content (AvgIpc) is 2.99. The molecular formula is C15H16Cl2N2O2. The zero-order valence-corrected chi connectivity index (χ0v) is 13.0. The molecule has 1 fully saturated rings. The van der Waals surface area contributed by atoms with Crippen LogP contribution in [0, 0.1) is 11.3 Å². The lowest BCUT2D eigenvalue weighted by Gasteiger charge is -2.14. The van der Waals surface area contributed by atoms with Crippen LogP contribution in [-0.2, 0) is 9.53 Å². The van der Waals surface area contributed by atoms with Gasteiger partial charge in [-0.2, -0.15) is 5.26 Å². The van der Waals surface area contributed by atoms with Crippen molar-refractivity contribution in [2.75, 3.05) is 6.61 Å². The van der Waals surface area contributed by atoms with Crippen LogP contribution in [-0.4, -0.2) is 18.6 Å². The third kappa shape index (κ3) is 4.60. The molecule has 0 bridgehead atoms. The molecule has 1 aromatic carbocycles. The zero-order valence-electron chi connectivity index (χ0n) is 11.4. The molecule has 1 amide bonds. The van der Waals surface area contributed by atoms with E-state index in [0.717, 1.165) is 19.4 Å². The van der Waals surface area contributed by atoms with Gasteiger partial charge in [-0.15, -0.1) is 0 Å². The molecule has 1 saturated heterocycles. The van der Waals surface area contributed by atoms with Crippen molar-refractivity contribution in [1.82, 2.24) is 5.32 Å². The van der Waals surface area contributed by atoms with E-state index in [0.29, 0.717) is 28.5 Å². The standard InChI is InChI=1S/C15H16Cl2N2O2/c16-12-5-3-10(8-13(12)17)14(9-18)19-15(20)6-4-11-2-1-7-21-11/h3,5,8,11,14H,1-2,4,6-7H2,(H,19,20)/t11-,14+/m1/s1. The van der Waals surface area contributed by atoms with Gasteiger partial charge in [0.1, 0.15) is 6.04 Å². The van der Waals surface area contributed by atoms with Gasteiger partial charge < -0.3 is 10.1 Å². The number of rotatable bonds is 5. The number of carbonyl (C=O) groups is 1. The van der Waals surface area contributed by atoms with Crippen molar-refractivity contribution >= 4 is 29.1 Å². The summed E-state index contributed by atoms with van der Waals surface area (Å²) in [4.78, 5) is 11.9. The number of carbonyl (C=O) groups excluding carboxylic acids is 1. The van der Waals surface area contributed by atoms with Gasteiger partial charge in [0.2, 0.25) is 5.91 Å². The lowest BCUT2D eigenvalue weighted by Crippen LogP contribution is -2.28. The van der Waals surface area contributed by atoms with Crippen molar-refractivity contribution in [3.63, 3.8) is 0 Å². The average molecular weight is 327 g/mol. The largest absolute Gasteiger partial charge is 0.378 e. The second-order valence-corrected chi connectivity index (χ2v) is 5.79. The summed E-state index contributed by atoms with van der Waals surface area (Å²) in [5.74, 6) is -0.164. The predicted molar refractivity (Wildman–Crippen MR) is 81.2 cm³/mol. The molecule has 4 nitrogen and oxygen atoms in total. The number of nitriles is 1. The summed E-state index contributed by atoms with van der Waals surface area (Å²) in [5, 5.41) is 12.7. The summed E-state index contributed by atoms with van der Waals surface area (Å²) in [6, 6.07) is 6.23. The van der Waals surface area contributed by atoms with E-state index in [4.69, 9.17) is 27.9 Å². The Morgan fingerprint density at radius 3 is 2.90 bits per heavy atom. The van der Waals surface area contributed by atoms with Crippen molar-refractivity contribution in [3.8, 4) is 6.07 Å². The van der Waals surface area contributed by atoms with E-state index in [1.54, 1.807) is 18.2 Å². The predicted octanol–water partition coefficient (Wildman–Crippen LogP) is 3.63. The van der Waals surface area contributed by atoms with E-state index in [9.17, 15) is 10.1 Å². The van der Waals surface area contributed by atoms with Gasteiger partial charge in [0.25, 0.3) is 0 Å². The number of hydrogen-bond acceptors (Lipinski definition) is 3. The van der Waals surface area contributed by atoms with Gasteiger partial charge in [-0.05, 0) is 37.0 Å². The fraction of sp³-hybridized carbons (Fsp3) is 0.467. The molecule has 1 aliphatic rings. The number of amides is 1. The molecule has 1 aromatic rings. The molecule has 0 aliphatic carbocycles. The molecule has 0 aromatic heterocycles. The highest BCUT2D eigenvalue weighted by molar-refractivity contribution is 6.42. The fourth-order valence-electron chi connectivity index (χ4n) is 2.28. The number of nitrogens with zero attached hydrogens (tertiary/aromatic N) is 1. The Hall–Kier alpha value is -1.28. The molecule has 0 unspecified atom stereocenters. The zero-order chi connectivity index (χ0) is 15.2. The lowest BCUT2D eigenvalue weighted by molar-refractivity contribution is -0.122. The Labute approximate surface area is 134 Å². The topological polar surface area (TPSA) is 62.1 Å². The minimum atomic E-state index is -0.725. The maximum atomic E-state index is 11.9. The summed E-state index contributed by atoms with van der Waals surface area (Å²) in [6.45, 7) is 0.774. The number of benzene rings is 1. The molecule has 6 heteroatoms. The van der Waals surface area contributed by atoms with Crippen LogP contribution in [0.2, 0.25) is 10.0 Å². The van der Waals surface area contributed by atoms with Crippen molar-refractivity contribution in [2.24, 2.45) is 0 Å². The minimum Gasteiger partial charge on any atom is -0.378 e. The van der Waals surface area contributed by atoms with Gasteiger partial charge in [-0.1, -0.05) is 29.3 Å². The summed E-state index contributed by atoms with van der Waals surface area (Å²) < 4.78 is 5.47. The molecule has 2 atom stereocenters. The van der Waals surface area contributed by atoms with Crippen molar-refractivity contribution in [2.45, 2.75) is 37.8 Å². The van der Waals surface area contributed by atoms with Crippen LogP contribution in [0.3, 0.4) is 0 Å². The Balaban J connectivity index is 1.90. The molecule has 0 radical (unpaired) electrons. The first-order valence-corrected chi connectivity index (χ1v) is 7.61. The maximum Gasteiger partial charge on any atom is 0.221 e. The minimum absolute atomic E-state index is 0.164. The molecule has 0 saturated carbocycles. The third-order valence-corrected chi connectivity index (χ3v) is 4.17. The van der Waals surface area contributed by atoms with Crippen LogP contribution in [0.4, 0.5) is 0 Å². The van der Waals surface area contributed by atoms with E-state index >= 15 is 0 Å². The van der Waals surface area contributed by atoms with Crippen molar-refractivity contribution < 1.29 is 9.53 Å². The number of halogens is 2. The fourth-order valence-corrected chi connectivity index (χ4v) is 2.59. The molecule has 0 spiro atoms.